The number of aromatic amines is 1. The van der Waals surface area contributed by atoms with Crippen molar-refractivity contribution in [2.75, 3.05) is 6.61 Å². The molecule has 2 heterocycles. The molecule has 1 saturated heterocycles. The zero-order valence-electron chi connectivity index (χ0n) is 24.0. The highest BCUT2D eigenvalue weighted by atomic mass is 31.2. The maximum atomic E-state index is 15.7. The van der Waals surface area contributed by atoms with Crippen LogP contribution in [0, 0.1) is 0 Å². The van der Waals surface area contributed by atoms with Gasteiger partial charge in [-0.3, -0.25) is 23.7 Å². The molecule has 0 bridgehead atoms. The molecule has 0 saturated carbocycles. The van der Waals surface area contributed by atoms with Crippen LogP contribution in [0.3, 0.4) is 0 Å². The molecule has 1 fully saturated rings. The molecule has 1 aromatic heterocycles. The fourth-order valence-electron chi connectivity index (χ4n) is 5.21. The highest BCUT2D eigenvalue weighted by Crippen LogP contribution is 2.51. The van der Waals surface area contributed by atoms with Crippen LogP contribution in [0.2, 0.25) is 0 Å². The second-order valence-corrected chi connectivity index (χ2v) is 12.7. The second kappa shape index (κ2) is 11.8. The number of nitrogens with zero attached hydrogens (tertiary/aromatic N) is 1. The predicted octanol–water partition coefficient (Wildman–Crippen LogP) is 3.23. The van der Waals surface area contributed by atoms with Gasteiger partial charge in [0.2, 0.25) is 0 Å². The van der Waals surface area contributed by atoms with E-state index in [0.29, 0.717) is 12.0 Å². The van der Waals surface area contributed by atoms with E-state index < -0.39 is 67.8 Å². The molecule has 0 amide bonds. The number of aliphatic hydroxyl groups excluding tert-OH is 1. The topological polar surface area (TPSA) is 158 Å². The van der Waals surface area contributed by atoms with Gasteiger partial charge in [0.25, 0.3) is 5.56 Å². The van der Waals surface area contributed by atoms with Crippen molar-refractivity contribution in [3.63, 3.8) is 0 Å². The number of nitrogens with one attached hydrogen (secondary N) is 2. The minimum absolute atomic E-state index is 0.226. The van der Waals surface area contributed by atoms with Gasteiger partial charge >= 0.3 is 19.4 Å². The molecule has 12 nitrogen and oxygen atoms in total. The van der Waals surface area contributed by atoms with Gasteiger partial charge in [-0.2, -0.15) is 5.09 Å². The average molecular weight is 618 g/mol. The van der Waals surface area contributed by atoms with Crippen LogP contribution in [0.1, 0.15) is 45.0 Å². The Morgan fingerprint density at radius 1 is 1.19 bits per heavy atom. The van der Waals surface area contributed by atoms with E-state index in [2.05, 4.69) is 5.09 Å². The lowest BCUT2D eigenvalue weighted by molar-refractivity contribution is -0.149. The molecule has 1 aliphatic heterocycles. The molecule has 0 radical (unpaired) electrons. The Balaban J connectivity index is 1.42. The highest BCUT2D eigenvalue weighted by molar-refractivity contribution is 7.52. The zero-order chi connectivity index (χ0) is 31.1. The van der Waals surface area contributed by atoms with Crippen molar-refractivity contribution in [3.05, 3.63) is 86.7 Å². The first-order valence-electron chi connectivity index (χ1n) is 13.8. The van der Waals surface area contributed by atoms with E-state index in [-0.39, 0.29) is 5.75 Å². The first-order chi connectivity index (χ1) is 20.3. The lowest BCUT2D eigenvalue weighted by Gasteiger charge is -2.26. The average Bonchev–Trinajstić information content (AvgIpc) is 3.42. The molecule has 1 aliphatic carbocycles. The highest BCUT2D eigenvalue weighted by Gasteiger charge is 2.56. The lowest BCUT2D eigenvalue weighted by Crippen LogP contribution is -2.43. The van der Waals surface area contributed by atoms with Crippen molar-refractivity contribution < 1.29 is 37.4 Å². The number of alkyl halides is 1. The molecule has 5 rings (SSSR count). The third kappa shape index (κ3) is 6.22. The molecule has 2 aromatic carbocycles. The quantitative estimate of drug-likeness (QED) is 0.178. The molecular formula is C29H33FN3O9P. The molecular weight excluding hydrogens is 584 g/mol. The van der Waals surface area contributed by atoms with Gasteiger partial charge in [-0.15, -0.1) is 0 Å². The molecule has 230 valence electrons. The molecule has 6 atom stereocenters. The van der Waals surface area contributed by atoms with Gasteiger partial charge in [0.15, 0.2) is 11.9 Å². The molecule has 1 unspecified atom stereocenters. The van der Waals surface area contributed by atoms with E-state index in [1.165, 1.54) is 6.92 Å². The van der Waals surface area contributed by atoms with E-state index in [9.17, 15) is 24.1 Å². The van der Waals surface area contributed by atoms with Crippen LogP contribution in [0.25, 0.3) is 11.1 Å². The number of aliphatic hydroxyl groups is 1. The number of aromatic nitrogens is 2. The molecule has 3 N–H and O–H groups in total. The van der Waals surface area contributed by atoms with Gasteiger partial charge in [0, 0.05) is 17.8 Å². The Morgan fingerprint density at radius 3 is 2.63 bits per heavy atom. The van der Waals surface area contributed by atoms with Crippen LogP contribution < -0.4 is 20.9 Å². The Bertz CT molecular complexity index is 1690. The summed E-state index contributed by atoms with van der Waals surface area (Å²) in [7, 11) is -4.45. The molecule has 2 aliphatic rings. The van der Waals surface area contributed by atoms with Gasteiger partial charge in [-0.05, 0) is 56.9 Å². The largest absolute Gasteiger partial charge is 0.462 e. The monoisotopic (exact) mass is 617 g/mol. The number of carbonyl (C=O) groups is 1. The van der Waals surface area contributed by atoms with E-state index in [1.807, 2.05) is 35.3 Å². The maximum Gasteiger partial charge on any atom is 0.459 e. The molecule has 0 spiro atoms. The fraction of sp³-hybridized carbons (Fsp3) is 0.414. The number of hydrogen-bond donors (Lipinski definition) is 3. The summed E-state index contributed by atoms with van der Waals surface area (Å²) >= 11 is 0. The second-order valence-electron chi connectivity index (χ2n) is 11.0. The van der Waals surface area contributed by atoms with Crippen molar-refractivity contribution in [1.82, 2.24) is 14.6 Å². The van der Waals surface area contributed by atoms with Crippen molar-refractivity contribution >= 4 is 13.7 Å². The standard InChI is InChI=1S/C29H33FN3O9P/c1-16(2)40-26(36)17(3)32-43(38,42-21-11-7-9-19-14-18-8-5-6-10-20(18)24(19)21)39-15-22-25(35)29(4,30)27(41-22)33-13-12-23(34)31-28(33)37/h5-13,16-17,22,25,27,35H,14-15H2,1-4H3,(H,32,38)(H,31,34,37)/t17-,22+,25+,27+,29+,43?/m0/s1. The number of rotatable bonds is 10. The first kappa shape index (κ1) is 30.8. The Hall–Kier alpha value is -3.61. The van der Waals surface area contributed by atoms with Crippen LogP contribution in [0.5, 0.6) is 5.75 Å². The Labute approximate surface area is 246 Å². The number of hydrogen-bond acceptors (Lipinski definition) is 9. The summed E-state index contributed by atoms with van der Waals surface area (Å²) in [5.74, 6) is -0.486. The number of H-pyrrole nitrogens is 1. The van der Waals surface area contributed by atoms with E-state index in [0.717, 1.165) is 40.4 Å². The van der Waals surface area contributed by atoms with Crippen LogP contribution in [-0.2, 0) is 29.8 Å². The van der Waals surface area contributed by atoms with Crippen LogP contribution in [0.4, 0.5) is 4.39 Å². The third-order valence-corrected chi connectivity index (χ3v) is 8.91. The fourth-order valence-corrected chi connectivity index (χ4v) is 6.72. The number of ether oxygens (including phenoxy) is 2. The van der Waals surface area contributed by atoms with Crippen molar-refractivity contribution in [1.29, 1.82) is 0 Å². The van der Waals surface area contributed by atoms with E-state index in [1.54, 1.807) is 26.0 Å². The zero-order valence-corrected chi connectivity index (χ0v) is 24.9. The van der Waals surface area contributed by atoms with Crippen LogP contribution >= 0.6 is 7.75 Å². The summed E-state index contributed by atoms with van der Waals surface area (Å²) < 4.78 is 53.4. The SMILES string of the molecule is CC(C)OC(=O)[C@H](C)NP(=O)(OC[C@H]1O[C@@H](n2ccc(=O)[nH]c2=O)[C@](C)(F)[C@@H]1O)Oc1cccc2c1-c1ccccc1C2. The van der Waals surface area contributed by atoms with Gasteiger partial charge in [-0.25, -0.2) is 13.8 Å². The number of esters is 1. The number of halogens is 1. The summed E-state index contributed by atoms with van der Waals surface area (Å²) in [4.78, 5) is 38.4. The van der Waals surface area contributed by atoms with Gasteiger partial charge in [0.05, 0.1) is 12.7 Å². The predicted molar refractivity (Wildman–Crippen MR) is 153 cm³/mol. The third-order valence-electron chi connectivity index (χ3n) is 7.29. The summed E-state index contributed by atoms with van der Waals surface area (Å²) in [6.45, 7) is 5.13. The van der Waals surface area contributed by atoms with Gasteiger partial charge < -0.3 is 19.1 Å². The molecule has 3 aromatic rings. The Kier molecular flexibility index (Phi) is 8.47. The van der Waals surface area contributed by atoms with Crippen molar-refractivity contribution in [2.24, 2.45) is 0 Å². The Morgan fingerprint density at radius 2 is 1.91 bits per heavy atom. The first-order valence-corrected chi connectivity index (χ1v) is 15.3. The summed E-state index contributed by atoms with van der Waals surface area (Å²) in [5, 5.41) is 13.4. The number of benzene rings is 2. The van der Waals surface area contributed by atoms with Crippen molar-refractivity contribution in [2.45, 2.75) is 70.4 Å². The summed E-state index contributed by atoms with van der Waals surface area (Å²) in [6, 6.07) is 12.8. The molecule has 14 heteroatoms. The smallest absolute Gasteiger partial charge is 0.459 e. The van der Waals surface area contributed by atoms with Gasteiger partial charge in [-0.1, -0.05) is 36.4 Å². The van der Waals surface area contributed by atoms with E-state index >= 15 is 4.39 Å². The van der Waals surface area contributed by atoms with Crippen molar-refractivity contribution in [3.8, 4) is 16.9 Å². The summed E-state index contributed by atoms with van der Waals surface area (Å²) in [5.41, 5.74) is -0.539. The summed E-state index contributed by atoms with van der Waals surface area (Å²) in [6.07, 6.45) is -3.64. The minimum Gasteiger partial charge on any atom is -0.462 e. The van der Waals surface area contributed by atoms with E-state index in [4.69, 9.17) is 18.5 Å². The normalized spacial score (nSPS) is 24.7. The minimum atomic E-state index is -4.45. The maximum absolute atomic E-state index is 15.7. The molecule has 43 heavy (non-hydrogen) atoms. The van der Waals surface area contributed by atoms with Gasteiger partial charge in [0.1, 0.15) is 24.0 Å². The lowest BCUT2D eigenvalue weighted by atomic mass is 9.98. The number of carbonyl (C=O) groups excluding carboxylic acids is 1. The van der Waals surface area contributed by atoms with Crippen LogP contribution in [-0.4, -0.2) is 57.3 Å². The number of fused-ring (bicyclic) bond motifs is 3. The van der Waals surface area contributed by atoms with Crippen LogP contribution in [0.15, 0.2) is 64.3 Å².